The summed E-state index contributed by atoms with van der Waals surface area (Å²) in [6.45, 7) is 4.37. The normalized spacial score (nSPS) is 25.5. The Balaban J connectivity index is 2.20. The van der Waals surface area contributed by atoms with Gasteiger partial charge in [-0.1, -0.05) is 0 Å². The zero-order valence-electron chi connectivity index (χ0n) is 11.0. The zero-order chi connectivity index (χ0) is 14.2. The van der Waals surface area contributed by atoms with E-state index in [-0.39, 0.29) is 11.6 Å². The van der Waals surface area contributed by atoms with E-state index in [1.54, 1.807) is 13.8 Å². The third-order valence-corrected chi connectivity index (χ3v) is 3.98. The van der Waals surface area contributed by atoms with E-state index in [0.717, 1.165) is 12.1 Å². The summed E-state index contributed by atoms with van der Waals surface area (Å²) in [6, 6.07) is 3.03. The van der Waals surface area contributed by atoms with Gasteiger partial charge in [0.05, 0.1) is 5.41 Å². The van der Waals surface area contributed by atoms with Crippen LogP contribution in [0.25, 0.3) is 0 Å². The lowest BCUT2D eigenvalue weighted by atomic mass is 9.90. The summed E-state index contributed by atoms with van der Waals surface area (Å²) in [5, 5.41) is 9.18. The minimum atomic E-state index is -0.845. The molecule has 3 nitrogen and oxygen atoms in total. The van der Waals surface area contributed by atoms with Crippen molar-refractivity contribution in [1.29, 1.82) is 0 Å². The summed E-state index contributed by atoms with van der Waals surface area (Å²) >= 11 is 0. The maximum atomic E-state index is 13.7. The smallest absolute Gasteiger partial charge is 0.310 e. The number of hydrogen-bond donors (Lipinski definition) is 1. The van der Waals surface area contributed by atoms with E-state index >= 15 is 0 Å². The van der Waals surface area contributed by atoms with Crippen molar-refractivity contribution in [3.8, 4) is 0 Å². The maximum Gasteiger partial charge on any atom is 0.310 e. The summed E-state index contributed by atoms with van der Waals surface area (Å²) in [5.74, 6) is -1.79. The molecule has 0 amide bonds. The van der Waals surface area contributed by atoms with Gasteiger partial charge in [-0.3, -0.25) is 9.69 Å². The number of aliphatic carboxylic acids is 1. The summed E-state index contributed by atoms with van der Waals surface area (Å²) in [6.07, 6.45) is 0.517. The number of rotatable bonds is 3. The van der Waals surface area contributed by atoms with Crippen LogP contribution in [0.5, 0.6) is 0 Å². The lowest BCUT2D eigenvalue weighted by Crippen LogP contribution is -2.33. The Morgan fingerprint density at radius 2 is 2.16 bits per heavy atom. The van der Waals surface area contributed by atoms with Crippen molar-refractivity contribution in [2.45, 2.75) is 26.3 Å². The molecule has 2 unspecified atom stereocenters. The van der Waals surface area contributed by atoms with Crippen LogP contribution in [0.3, 0.4) is 0 Å². The number of halogens is 2. The van der Waals surface area contributed by atoms with E-state index in [1.165, 1.54) is 6.07 Å². The molecule has 1 aliphatic heterocycles. The number of hydrogen-bond acceptors (Lipinski definition) is 2. The topological polar surface area (TPSA) is 40.5 Å². The van der Waals surface area contributed by atoms with Crippen LogP contribution in [0.15, 0.2) is 18.2 Å². The van der Waals surface area contributed by atoms with Crippen LogP contribution in [-0.2, 0) is 4.79 Å². The molecule has 1 aliphatic rings. The Bertz CT molecular complexity index is 506. The van der Waals surface area contributed by atoms with Gasteiger partial charge in [0.2, 0.25) is 0 Å². The van der Waals surface area contributed by atoms with Crippen LogP contribution in [0.1, 0.15) is 31.9 Å². The first-order chi connectivity index (χ1) is 8.83. The fourth-order valence-corrected chi connectivity index (χ4v) is 2.53. The zero-order valence-corrected chi connectivity index (χ0v) is 11.0. The number of likely N-dealkylation sites (tertiary alicyclic amines) is 1. The summed E-state index contributed by atoms with van der Waals surface area (Å²) in [4.78, 5) is 13.1. The average Bonchev–Trinajstić information content (AvgIpc) is 2.76. The van der Waals surface area contributed by atoms with Gasteiger partial charge >= 0.3 is 5.97 Å². The van der Waals surface area contributed by atoms with Gasteiger partial charge in [0.1, 0.15) is 11.6 Å². The molecule has 0 radical (unpaired) electrons. The van der Waals surface area contributed by atoms with Crippen molar-refractivity contribution in [2.24, 2.45) is 5.41 Å². The fourth-order valence-electron chi connectivity index (χ4n) is 2.53. The monoisotopic (exact) mass is 269 g/mol. The second kappa shape index (κ2) is 4.89. The number of nitrogens with zero attached hydrogens (tertiary/aromatic N) is 1. The van der Waals surface area contributed by atoms with Crippen molar-refractivity contribution in [2.75, 3.05) is 13.1 Å². The molecular weight excluding hydrogens is 252 g/mol. The van der Waals surface area contributed by atoms with Crippen molar-refractivity contribution in [3.05, 3.63) is 35.4 Å². The molecule has 1 fully saturated rings. The summed E-state index contributed by atoms with van der Waals surface area (Å²) in [7, 11) is 0. The Kier molecular flexibility index (Phi) is 3.58. The molecule has 1 saturated heterocycles. The highest BCUT2D eigenvalue weighted by molar-refractivity contribution is 5.74. The van der Waals surface area contributed by atoms with Crippen LogP contribution in [0.2, 0.25) is 0 Å². The predicted octanol–water partition coefficient (Wildman–Crippen LogP) is 2.82. The molecule has 0 bridgehead atoms. The van der Waals surface area contributed by atoms with E-state index in [1.807, 2.05) is 4.90 Å². The summed E-state index contributed by atoms with van der Waals surface area (Å²) < 4.78 is 26.9. The number of carbonyl (C=O) groups is 1. The van der Waals surface area contributed by atoms with Crippen molar-refractivity contribution in [3.63, 3.8) is 0 Å². The highest BCUT2D eigenvalue weighted by Gasteiger charge is 2.42. The lowest BCUT2D eigenvalue weighted by molar-refractivity contribution is -0.147. The van der Waals surface area contributed by atoms with E-state index < -0.39 is 23.0 Å². The lowest BCUT2D eigenvalue weighted by Gasteiger charge is -2.26. The Labute approximate surface area is 110 Å². The van der Waals surface area contributed by atoms with E-state index in [4.69, 9.17) is 0 Å². The maximum absolute atomic E-state index is 13.7. The molecule has 1 aromatic rings. The van der Waals surface area contributed by atoms with Crippen LogP contribution < -0.4 is 0 Å². The van der Waals surface area contributed by atoms with Gasteiger partial charge in [-0.05, 0) is 45.0 Å². The largest absolute Gasteiger partial charge is 0.481 e. The van der Waals surface area contributed by atoms with E-state index in [9.17, 15) is 18.7 Å². The Hall–Kier alpha value is -1.49. The predicted molar refractivity (Wildman–Crippen MR) is 66.7 cm³/mol. The third-order valence-electron chi connectivity index (χ3n) is 3.98. The third kappa shape index (κ3) is 2.61. The fraction of sp³-hybridized carbons (Fsp3) is 0.500. The Morgan fingerprint density at radius 1 is 1.47 bits per heavy atom. The van der Waals surface area contributed by atoms with Crippen LogP contribution in [-0.4, -0.2) is 29.1 Å². The van der Waals surface area contributed by atoms with Crippen molar-refractivity contribution < 1.29 is 18.7 Å². The molecule has 5 heteroatoms. The second-order valence-corrected chi connectivity index (χ2v) is 5.43. The number of carboxylic acids is 1. The van der Waals surface area contributed by atoms with E-state index in [2.05, 4.69) is 0 Å². The minimum Gasteiger partial charge on any atom is -0.481 e. The average molecular weight is 269 g/mol. The molecule has 1 aromatic carbocycles. The van der Waals surface area contributed by atoms with Gasteiger partial charge in [-0.15, -0.1) is 0 Å². The molecule has 0 spiro atoms. The van der Waals surface area contributed by atoms with Gasteiger partial charge in [-0.25, -0.2) is 8.78 Å². The van der Waals surface area contributed by atoms with Gasteiger partial charge in [0, 0.05) is 18.2 Å². The standard InChI is InChI=1S/C14H17F2NO2/c1-9(11-7-10(15)3-4-12(11)16)17-6-5-14(2,8-17)13(18)19/h3-4,7,9H,5-6,8H2,1-2H3,(H,18,19). The molecule has 0 saturated carbocycles. The van der Waals surface area contributed by atoms with Gasteiger partial charge in [0.15, 0.2) is 0 Å². The van der Waals surface area contributed by atoms with Gasteiger partial charge in [0.25, 0.3) is 0 Å². The molecule has 0 aliphatic carbocycles. The molecule has 104 valence electrons. The van der Waals surface area contributed by atoms with Crippen LogP contribution >= 0.6 is 0 Å². The molecule has 2 atom stereocenters. The molecule has 2 rings (SSSR count). The van der Waals surface area contributed by atoms with E-state index in [0.29, 0.717) is 19.5 Å². The first-order valence-corrected chi connectivity index (χ1v) is 6.26. The molecule has 19 heavy (non-hydrogen) atoms. The highest BCUT2D eigenvalue weighted by Crippen LogP contribution is 2.36. The van der Waals surface area contributed by atoms with Crippen molar-refractivity contribution in [1.82, 2.24) is 4.90 Å². The quantitative estimate of drug-likeness (QED) is 0.917. The molecular formula is C14H17F2NO2. The summed E-state index contributed by atoms with van der Waals surface area (Å²) in [5.41, 5.74) is -0.535. The molecule has 1 heterocycles. The first kappa shape index (κ1) is 13.9. The highest BCUT2D eigenvalue weighted by atomic mass is 19.1. The molecule has 0 aromatic heterocycles. The van der Waals surface area contributed by atoms with Gasteiger partial charge in [-0.2, -0.15) is 0 Å². The number of carboxylic acid groups (broad SMARTS) is 1. The minimum absolute atomic E-state index is 0.273. The second-order valence-electron chi connectivity index (χ2n) is 5.43. The number of benzene rings is 1. The Morgan fingerprint density at radius 3 is 2.74 bits per heavy atom. The van der Waals surface area contributed by atoms with Crippen molar-refractivity contribution >= 4 is 5.97 Å². The van der Waals surface area contributed by atoms with Gasteiger partial charge < -0.3 is 5.11 Å². The SMILES string of the molecule is CC(c1cc(F)ccc1F)N1CCC(C)(C(=O)O)C1. The van der Waals surface area contributed by atoms with Crippen LogP contribution in [0, 0.1) is 17.0 Å². The first-order valence-electron chi connectivity index (χ1n) is 6.26. The molecule has 1 N–H and O–H groups in total. The van der Waals surface area contributed by atoms with Crippen LogP contribution in [0.4, 0.5) is 8.78 Å².